The molecular formula is C16H30N2O. The third kappa shape index (κ3) is 4.20. The topological polar surface area (TPSA) is 32.3 Å². The third-order valence-corrected chi connectivity index (χ3v) is 4.80. The first-order chi connectivity index (χ1) is 9.20. The second kappa shape index (κ2) is 7.28. The maximum Gasteiger partial charge on any atom is 0.223 e. The highest BCUT2D eigenvalue weighted by molar-refractivity contribution is 5.76. The van der Waals surface area contributed by atoms with Crippen LogP contribution in [0.25, 0.3) is 0 Å². The molecule has 1 N–H and O–H groups in total. The van der Waals surface area contributed by atoms with Crippen molar-refractivity contribution in [3.8, 4) is 0 Å². The van der Waals surface area contributed by atoms with Gasteiger partial charge in [0.05, 0.1) is 0 Å². The first kappa shape index (κ1) is 14.8. The molecule has 110 valence electrons. The van der Waals surface area contributed by atoms with E-state index in [4.69, 9.17) is 0 Å². The van der Waals surface area contributed by atoms with Crippen LogP contribution in [0.1, 0.15) is 58.8 Å². The molecule has 3 heteroatoms. The van der Waals surface area contributed by atoms with E-state index in [1.54, 1.807) is 0 Å². The van der Waals surface area contributed by atoms with Crippen molar-refractivity contribution in [2.45, 2.75) is 64.8 Å². The molecule has 2 rings (SSSR count). The van der Waals surface area contributed by atoms with Gasteiger partial charge >= 0.3 is 0 Å². The minimum atomic E-state index is 0.424. The van der Waals surface area contributed by atoms with Crippen molar-refractivity contribution in [1.29, 1.82) is 0 Å². The summed E-state index contributed by atoms with van der Waals surface area (Å²) in [5, 5.41) is 3.39. The fourth-order valence-corrected chi connectivity index (χ4v) is 3.74. The van der Waals surface area contributed by atoms with Crippen LogP contribution in [0.4, 0.5) is 0 Å². The number of nitrogens with zero attached hydrogens (tertiary/aromatic N) is 1. The molecule has 0 spiro atoms. The summed E-state index contributed by atoms with van der Waals surface area (Å²) in [6.45, 7) is 7.59. The van der Waals surface area contributed by atoms with Gasteiger partial charge in [-0.15, -0.1) is 0 Å². The highest BCUT2D eigenvalue weighted by Gasteiger charge is 2.29. The number of hydrogen-bond acceptors (Lipinski definition) is 2. The zero-order valence-electron chi connectivity index (χ0n) is 12.7. The SMILES string of the molecule is CCCN(C(=O)CC1CCC(C)C1)C1CCNCC1. The van der Waals surface area contributed by atoms with Crippen LogP contribution < -0.4 is 5.32 Å². The van der Waals surface area contributed by atoms with Crippen LogP contribution in [0.5, 0.6) is 0 Å². The summed E-state index contributed by atoms with van der Waals surface area (Å²) in [7, 11) is 0. The molecule has 2 aliphatic rings. The molecule has 3 nitrogen and oxygen atoms in total. The van der Waals surface area contributed by atoms with Gasteiger partial charge in [0.2, 0.25) is 5.91 Å². The molecule has 1 saturated heterocycles. The normalized spacial score (nSPS) is 28.5. The average Bonchev–Trinajstić information content (AvgIpc) is 2.82. The number of amides is 1. The van der Waals surface area contributed by atoms with Crippen molar-refractivity contribution in [2.24, 2.45) is 11.8 Å². The molecule has 0 bridgehead atoms. The van der Waals surface area contributed by atoms with Crippen molar-refractivity contribution in [3.63, 3.8) is 0 Å². The smallest absolute Gasteiger partial charge is 0.223 e. The molecule has 1 amide bonds. The number of nitrogens with one attached hydrogen (secondary N) is 1. The molecule has 2 fully saturated rings. The maximum atomic E-state index is 12.6. The zero-order valence-corrected chi connectivity index (χ0v) is 12.7. The fraction of sp³-hybridized carbons (Fsp3) is 0.938. The predicted molar refractivity (Wildman–Crippen MR) is 79.0 cm³/mol. The Morgan fingerprint density at radius 3 is 2.53 bits per heavy atom. The number of rotatable bonds is 5. The minimum Gasteiger partial charge on any atom is -0.340 e. The van der Waals surface area contributed by atoms with E-state index in [0.717, 1.165) is 51.2 Å². The summed E-state index contributed by atoms with van der Waals surface area (Å²) in [5.74, 6) is 1.91. The first-order valence-corrected chi connectivity index (χ1v) is 8.21. The molecule has 1 aliphatic carbocycles. The molecule has 1 saturated carbocycles. The van der Waals surface area contributed by atoms with Gasteiger partial charge in [-0.3, -0.25) is 4.79 Å². The lowest BCUT2D eigenvalue weighted by molar-refractivity contribution is -0.135. The Kier molecular flexibility index (Phi) is 5.68. The van der Waals surface area contributed by atoms with E-state index in [9.17, 15) is 4.79 Å². The van der Waals surface area contributed by atoms with E-state index in [0.29, 0.717) is 17.9 Å². The highest BCUT2D eigenvalue weighted by Crippen LogP contribution is 2.33. The molecule has 0 aromatic rings. The highest BCUT2D eigenvalue weighted by atomic mass is 16.2. The van der Waals surface area contributed by atoms with Gasteiger partial charge in [0.25, 0.3) is 0 Å². The lowest BCUT2D eigenvalue weighted by Crippen LogP contribution is -2.46. The standard InChI is InChI=1S/C16H30N2O/c1-3-10-18(15-6-8-17-9-7-15)16(19)12-14-5-4-13(2)11-14/h13-15,17H,3-12H2,1-2H3. The molecule has 0 radical (unpaired) electrons. The fourth-order valence-electron chi connectivity index (χ4n) is 3.74. The van der Waals surface area contributed by atoms with Crippen molar-refractivity contribution in [3.05, 3.63) is 0 Å². The van der Waals surface area contributed by atoms with Gasteiger partial charge in [-0.25, -0.2) is 0 Å². The van der Waals surface area contributed by atoms with Gasteiger partial charge in [-0.1, -0.05) is 20.3 Å². The number of piperidine rings is 1. The van der Waals surface area contributed by atoms with Crippen LogP contribution >= 0.6 is 0 Å². The largest absolute Gasteiger partial charge is 0.340 e. The quantitative estimate of drug-likeness (QED) is 0.830. The molecule has 2 atom stereocenters. The van der Waals surface area contributed by atoms with Gasteiger partial charge in [-0.2, -0.15) is 0 Å². The third-order valence-electron chi connectivity index (χ3n) is 4.80. The lowest BCUT2D eigenvalue weighted by Gasteiger charge is -2.35. The van der Waals surface area contributed by atoms with Gasteiger partial charge in [0, 0.05) is 19.0 Å². The van der Waals surface area contributed by atoms with E-state index < -0.39 is 0 Å². The van der Waals surface area contributed by atoms with Crippen LogP contribution in [-0.4, -0.2) is 36.5 Å². The maximum absolute atomic E-state index is 12.6. The van der Waals surface area contributed by atoms with E-state index in [1.807, 2.05) is 0 Å². The summed E-state index contributed by atoms with van der Waals surface area (Å²) in [6.07, 6.45) is 7.99. The summed E-state index contributed by atoms with van der Waals surface area (Å²) in [5.41, 5.74) is 0. The van der Waals surface area contributed by atoms with Gasteiger partial charge in [0.1, 0.15) is 0 Å². The van der Waals surface area contributed by atoms with Crippen molar-refractivity contribution >= 4 is 5.91 Å². The molecular weight excluding hydrogens is 236 g/mol. The summed E-state index contributed by atoms with van der Waals surface area (Å²) in [4.78, 5) is 14.8. The molecule has 1 aliphatic heterocycles. The van der Waals surface area contributed by atoms with Crippen LogP contribution in [0.15, 0.2) is 0 Å². The molecule has 19 heavy (non-hydrogen) atoms. The van der Waals surface area contributed by atoms with Gasteiger partial charge in [0.15, 0.2) is 0 Å². The molecule has 1 heterocycles. The number of carbonyl (C=O) groups is 1. The van der Waals surface area contributed by atoms with Crippen molar-refractivity contribution < 1.29 is 4.79 Å². The Balaban J connectivity index is 1.87. The molecule has 2 unspecified atom stereocenters. The van der Waals surface area contributed by atoms with E-state index in [2.05, 4.69) is 24.1 Å². The van der Waals surface area contributed by atoms with Crippen LogP contribution in [0, 0.1) is 11.8 Å². The predicted octanol–water partition coefficient (Wildman–Crippen LogP) is 2.80. The monoisotopic (exact) mass is 266 g/mol. The van der Waals surface area contributed by atoms with Gasteiger partial charge in [-0.05, 0) is 57.0 Å². The Labute approximate surface area is 118 Å². The van der Waals surface area contributed by atoms with Crippen LogP contribution in [-0.2, 0) is 4.79 Å². The van der Waals surface area contributed by atoms with E-state index >= 15 is 0 Å². The second-order valence-electron chi connectivity index (χ2n) is 6.56. The summed E-state index contributed by atoms with van der Waals surface area (Å²) < 4.78 is 0. The van der Waals surface area contributed by atoms with Crippen molar-refractivity contribution in [2.75, 3.05) is 19.6 Å². The zero-order chi connectivity index (χ0) is 13.7. The number of hydrogen-bond donors (Lipinski definition) is 1. The van der Waals surface area contributed by atoms with E-state index in [1.165, 1.54) is 19.3 Å². The summed E-state index contributed by atoms with van der Waals surface area (Å²) in [6, 6.07) is 0.493. The van der Waals surface area contributed by atoms with Gasteiger partial charge < -0.3 is 10.2 Å². The average molecular weight is 266 g/mol. The van der Waals surface area contributed by atoms with E-state index in [-0.39, 0.29) is 0 Å². The molecule has 0 aromatic heterocycles. The lowest BCUT2D eigenvalue weighted by atomic mass is 9.99. The van der Waals surface area contributed by atoms with Crippen LogP contribution in [0.2, 0.25) is 0 Å². The number of carbonyl (C=O) groups excluding carboxylic acids is 1. The Hall–Kier alpha value is -0.570. The summed E-state index contributed by atoms with van der Waals surface area (Å²) >= 11 is 0. The Morgan fingerprint density at radius 2 is 1.95 bits per heavy atom. The van der Waals surface area contributed by atoms with Crippen LogP contribution in [0.3, 0.4) is 0 Å². The second-order valence-corrected chi connectivity index (χ2v) is 6.56. The van der Waals surface area contributed by atoms with Crippen molar-refractivity contribution in [1.82, 2.24) is 10.2 Å². The minimum absolute atomic E-state index is 0.424. The Bertz CT molecular complexity index is 286. The Morgan fingerprint density at radius 1 is 1.21 bits per heavy atom. The molecule has 0 aromatic carbocycles. The first-order valence-electron chi connectivity index (χ1n) is 8.21.